The first-order chi connectivity index (χ1) is 11.3. The lowest BCUT2D eigenvalue weighted by Gasteiger charge is -2.26. The number of aliphatic hydroxyl groups is 1. The number of aliphatic hydroxyl groups excluding tert-OH is 1. The quantitative estimate of drug-likeness (QED) is 0.545. The smallest absolute Gasteiger partial charge is 0.0681 e. The Bertz CT molecular complexity index is 521. The summed E-state index contributed by atoms with van der Waals surface area (Å²) < 4.78 is 0. The predicted octanol–water partition coefficient (Wildman–Crippen LogP) is 5.47. The van der Waals surface area contributed by atoms with Gasteiger partial charge in [-0.05, 0) is 61.3 Å². The van der Waals surface area contributed by atoms with E-state index in [2.05, 4.69) is 24.8 Å². The van der Waals surface area contributed by atoms with Crippen molar-refractivity contribution in [3.05, 3.63) is 47.5 Å². The van der Waals surface area contributed by atoms with E-state index in [4.69, 9.17) is 5.11 Å². The summed E-state index contributed by atoms with van der Waals surface area (Å²) in [5, 5.41) is 9.02. The summed E-state index contributed by atoms with van der Waals surface area (Å²) in [7, 11) is 0. The Morgan fingerprint density at radius 1 is 1.09 bits per heavy atom. The molecule has 1 aliphatic rings. The van der Waals surface area contributed by atoms with Crippen molar-refractivity contribution in [2.75, 3.05) is 0 Å². The van der Waals surface area contributed by atoms with E-state index >= 15 is 0 Å². The van der Waals surface area contributed by atoms with Gasteiger partial charge in [0.05, 0.1) is 6.61 Å². The summed E-state index contributed by atoms with van der Waals surface area (Å²) in [4.78, 5) is 0. The van der Waals surface area contributed by atoms with E-state index in [1.807, 2.05) is 30.3 Å². The van der Waals surface area contributed by atoms with Gasteiger partial charge in [-0.25, -0.2) is 0 Å². The van der Waals surface area contributed by atoms with Crippen LogP contribution in [0, 0.1) is 23.7 Å². The van der Waals surface area contributed by atoms with Crippen LogP contribution < -0.4 is 0 Å². The summed E-state index contributed by atoms with van der Waals surface area (Å²) in [5.41, 5.74) is 1.94. The van der Waals surface area contributed by atoms with Gasteiger partial charge in [0.25, 0.3) is 0 Å². The average Bonchev–Trinajstić information content (AvgIpc) is 2.61. The highest BCUT2D eigenvalue weighted by Crippen LogP contribution is 2.32. The second-order valence-electron chi connectivity index (χ2n) is 6.76. The molecule has 0 saturated heterocycles. The Morgan fingerprint density at radius 2 is 1.83 bits per heavy atom. The molecule has 0 aromatic heterocycles. The maximum absolute atomic E-state index is 9.02. The van der Waals surface area contributed by atoms with Crippen molar-refractivity contribution in [2.24, 2.45) is 11.8 Å². The van der Waals surface area contributed by atoms with Gasteiger partial charge in [-0.2, -0.15) is 0 Å². The molecule has 0 radical (unpaired) electrons. The van der Waals surface area contributed by atoms with Crippen LogP contribution in [0.3, 0.4) is 0 Å². The second-order valence-corrected chi connectivity index (χ2v) is 6.76. The van der Waals surface area contributed by atoms with Crippen LogP contribution in [0.2, 0.25) is 0 Å². The molecule has 1 fully saturated rings. The second kappa shape index (κ2) is 10.3. The highest BCUT2D eigenvalue weighted by molar-refractivity contribution is 5.38. The van der Waals surface area contributed by atoms with Gasteiger partial charge in [0.1, 0.15) is 0 Å². The van der Waals surface area contributed by atoms with Gasteiger partial charge >= 0.3 is 0 Å². The van der Waals surface area contributed by atoms with Crippen LogP contribution in [0.5, 0.6) is 0 Å². The molecule has 0 aliphatic heterocycles. The molecule has 0 amide bonds. The molecule has 0 unspecified atom stereocenters. The highest BCUT2D eigenvalue weighted by atomic mass is 16.3. The lowest BCUT2D eigenvalue weighted by molar-refractivity contribution is 0.282. The summed E-state index contributed by atoms with van der Waals surface area (Å²) in [5.74, 6) is 8.01. The minimum absolute atomic E-state index is 0.0920. The van der Waals surface area contributed by atoms with Crippen molar-refractivity contribution < 1.29 is 5.11 Å². The first-order valence-corrected chi connectivity index (χ1v) is 9.19. The number of hydrogen-bond donors (Lipinski definition) is 1. The van der Waals surface area contributed by atoms with E-state index in [0.29, 0.717) is 0 Å². The highest BCUT2D eigenvalue weighted by Gasteiger charge is 2.18. The molecule has 1 heteroatoms. The predicted molar refractivity (Wildman–Crippen MR) is 98.0 cm³/mol. The van der Waals surface area contributed by atoms with Crippen LogP contribution in [0.15, 0.2) is 36.4 Å². The fraction of sp³-hybridized carbons (Fsp3) is 0.545. The van der Waals surface area contributed by atoms with E-state index in [1.54, 1.807) is 0 Å². The van der Waals surface area contributed by atoms with E-state index in [0.717, 1.165) is 23.0 Å². The number of allylic oxidation sites excluding steroid dienone is 2. The number of rotatable bonds is 6. The molecule has 0 heterocycles. The summed E-state index contributed by atoms with van der Waals surface area (Å²) in [6.07, 6.45) is 15.4. The molecule has 23 heavy (non-hydrogen) atoms. The molecule has 0 spiro atoms. The monoisotopic (exact) mass is 310 g/mol. The molecule has 1 saturated carbocycles. The Hall–Kier alpha value is -1.52. The molecule has 0 bridgehead atoms. The van der Waals surface area contributed by atoms with E-state index in [1.165, 1.54) is 51.4 Å². The minimum Gasteiger partial charge on any atom is -0.392 e. The first-order valence-electron chi connectivity index (χ1n) is 9.19. The summed E-state index contributed by atoms with van der Waals surface area (Å²) >= 11 is 0. The van der Waals surface area contributed by atoms with Gasteiger partial charge in [-0.15, -0.1) is 0 Å². The van der Waals surface area contributed by atoms with Gasteiger partial charge in [0.2, 0.25) is 0 Å². The lowest BCUT2D eigenvalue weighted by atomic mass is 9.79. The van der Waals surface area contributed by atoms with Crippen LogP contribution in [0.1, 0.15) is 69.4 Å². The van der Waals surface area contributed by atoms with E-state index < -0.39 is 0 Å². The van der Waals surface area contributed by atoms with Crippen molar-refractivity contribution in [1.82, 2.24) is 0 Å². The molecule has 1 nitrogen and oxygen atoms in total. The fourth-order valence-electron chi connectivity index (χ4n) is 3.36. The topological polar surface area (TPSA) is 20.2 Å². The molecular formula is C22H30O. The molecule has 1 N–H and O–H groups in total. The van der Waals surface area contributed by atoms with Crippen molar-refractivity contribution in [3.63, 3.8) is 0 Å². The zero-order chi connectivity index (χ0) is 16.3. The lowest BCUT2D eigenvalue weighted by Crippen LogP contribution is -2.12. The Balaban J connectivity index is 1.71. The number of unbranched alkanes of at least 4 members (excludes halogenated alkanes) is 2. The van der Waals surface area contributed by atoms with Gasteiger partial charge < -0.3 is 5.11 Å². The van der Waals surface area contributed by atoms with Gasteiger partial charge in [-0.3, -0.25) is 0 Å². The normalized spacial score (nSPS) is 21.1. The Labute approximate surface area is 141 Å². The Kier molecular flexibility index (Phi) is 7.98. The zero-order valence-corrected chi connectivity index (χ0v) is 14.4. The van der Waals surface area contributed by atoms with Crippen LogP contribution in [-0.4, -0.2) is 5.11 Å². The average molecular weight is 310 g/mol. The van der Waals surface area contributed by atoms with Crippen LogP contribution in [0.4, 0.5) is 0 Å². The largest absolute Gasteiger partial charge is 0.392 e. The first kappa shape index (κ1) is 17.8. The summed E-state index contributed by atoms with van der Waals surface area (Å²) in [6.45, 7) is 2.37. The van der Waals surface area contributed by atoms with Crippen molar-refractivity contribution >= 4 is 0 Å². The molecule has 124 valence electrons. The number of hydrogen-bond acceptors (Lipinski definition) is 1. The summed E-state index contributed by atoms with van der Waals surface area (Å²) in [6, 6.07) is 7.78. The maximum Gasteiger partial charge on any atom is 0.0681 e. The van der Waals surface area contributed by atoms with Crippen molar-refractivity contribution in [1.29, 1.82) is 0 Å². The van der Waals surface area contributed by atoms with Gasteiger partial charge in [0.15, 0.2) is 0 Å². The molecule has 0 atom stereocenters. The third-order valence-corrected chi connectivity index (χ3v) is 4.91. The van der Waals surface area contributed by atoms with Gasteiger partial charge in [0, 0.05) is 5.56 Å². The van der Waals surface area contributed by atoms with Crippen LogP contribution >= 0.6 is 0 Å². The van der Waals surface area contributed by atoms with E-state index in [-0.39, 0.29) is 6.61 Å². The molecule has 1 aliphatic carbocycles. The van der Waals surface area contributed by atoms with E-state index in [9.17, 15) is 0 Å². The molecule has 1 aromatic rings. The van der Waals surface area contributed by atoms with Gasteiger partial charge in [-0.1, -0.05) is 62.7 Å². The zero-order valence-electron chi connectivity index (χ0n) is 14.4. The standard InChI is InChI=1S/C22H30O/c1-2-3-4-7-19-10-12-20(13-11-19)8-5-6-9-21-14-16-22(18-23)17-15-21/h5,8,14-17,19-20,23H,2-4,7,10-13,18H2,1H3/b8-5+. The molecular weight excluding hydrogens is 280 g/mol. The third-order valence-electron chi connectivity index (χ3n) is 4.91. The van der Waals surface area contributed by atoms with Crippen LogP contribution in [0.25, 0.3) is 0 Å². The third kappa shape index (κ3) is 6.63. The Morgan fingerprint density at radius 3 is 2.48 bits per heavy atom. The molecule has 2 rings (SSSR count). The number of benzene rings is 1. The SMILES string of the molecule is CCCCCC1CCC(/C=C/C#Cc2ccc(CO)cc2)CC1. The minimum atomic E-state index is 0.0920. The van der Waals surface area contributed by atoms with Crippen molar-refractivity contribution in [3.8, 4) is 11.8 Å². The molecule has 1 aromatic carbocycles. The van der Waals surface area contributed by atoms with Crippen molar-refractivity contribution in [2.45, 2.75) is 64.9 Å². The van der Waals surface area contributed by atoms with Crippen LogP contribution in [-0.2, 0) is 6.61 Å². The fourth-order valence-corrected chi connectivity index (χ4v) is 3.36. The maximum atomic E-state index is 9.02.